The van der Waals surface area contributed by atoms with Gasteiger partial charge >= 0.3 is 0 Å². The number of benzene rings is 1. The maximum absolute atomic E-state index is 9.60. The van der Waals surface area contributed by atoms with E-state index in [1.54, 1.807) is 0 Å². The van der Waals surface area contributed by atoms with E-state index in [0.717, 1.165) is 55.4 Å². The van der Waals surface area contributed by atoms with Crippen LogP contribution in [0.1, 0.15) is 32.1 Å². The van der Waals surface area contributed by atoms with Crippen molar-refractivity contribution in [2.24, 2.45) is 0 Å². The van der Waals surface area contributed by atoms with E-state index in [9.17, 15) is 5.11 Å². The molecule has 1 atom stereocenters. The second-order valence-electron chi connectivity index (χ2n) is 6.67. The highest BCUT2D eigenvalue weighted by Gasteiger charge is 2.20. The largest absolute Gasteiger partial charge is 0.488 e. The van der Waals surface area contributed by atoms with E-state index < -0.39 is 0 Å². The third-order valence-electron chi connectivity index (χ3n) is 4.77. The molecule has 0 radical (unpaired) electrons. The summed E-state index contributed by atoms with van der Waals surface area (Å²) < 4.78 is 11.3. The topological polar surface area (TPSA) is 76.5 Å². The Morgan fingerprint density at radius 1 is 1.17 bits per heavy atom. The molecule has 1 aromatic carbocycles. The summed E-state index contributed by atoms with van der Waals surface area (Å²) in [5.41, 5.74) is 0.875. The van der Waals surface area contributed by atoms with Gasteiger partial charge in [0.15, 0.2) is 0 Å². The van der Waals surface area contributed by atoms with Gasteiger partial charge in [-0.25, -0.2) is 9.97 Å². The molecule has 1 aliphatic heterocycles. The first-order chi connectivity index (χ1) is 11.8. The average Bonchev–Trinajstić information content (AvgIpc) is 3.10. The zero-order valence-electron chi connectivity index (χ0n) is 13.6. The number of aliphatic hydroxyl groups excluding tert-OH is 1. The first kappa shape index (κ1) is 15.6. The summed E-state index contributed by atoms with van der Waals surface area (Å²) in [6, 6.07) is 6.24. The molecule has 2 aromatic rings. The summed E-state index contributed by atoms with van der Waals surface area (Å²) >= 11 is 0. The number of aliphatic hydroxyl groups is 1. The SMILES string of the molecule is O[C@H]1CC[C@H](Nc2ncc3ccc(OC4CCOC4)cc3n2)CC1. The molecule has 128 valence electrons. The molecule has 6 heteroatoms. The smallest absolute Gasteiger partial charge is 0.223 e. The van der Waals surface area contributed by atoms with Crippen LogP contribution in [-0.4, -0.2) is 46.5 Å². The van der Waals surface area contributed by atoms with Gasteiger partial charge in [0.1, 0.15) is 11.9 Å². The Balaban J connectivity index is 1.48. The highest BCUT2D eigenvalue weighted by atomic mass is 16.5. The van der Waals surface area contributed by atoms with E-state index in [1.165, 1.54) is 0 Å². The fraction of sp³-hybridized carbons (Fsp3) is 0.556. The molecule has 2 aliphatic rings. The van der Waals surface area contributed by atoms with Gasteiger partial charge in [0.25, 0.3) is 0 Å². The number of ether oxygens (including phenoxy) is 2. The number of fused-ring (bicyclic) bond motifs is 1. The Hall–Kier alpha value is -1.92. The lowest BCUT2D eigenvalue weighted by Gasteiger charge is -2.26. The van der Waals surface area contributed by atoms with Gasteiger partial charge in [-0.2, -0.15) is 0 Å². The molecule has 24 heavy (non-hydrogen) atoms. The second kappa shape index (κ2) is 6.91. The monoisotopic (exact) mass is 329 g/mol. The zero-order valence-corrected chi connectivity index (χ0v) is 13.6. The van der Waals surface area contributed by atoms with Crippen LogP contribution in [0, 0.1) is 0 Å². The van der Waals surface area contributed by atoms with Crippen LogP contribution >= 0.6 is 0 Å². The van der Waals surface area contributed by atoms with Crippen LogP contribution in [0.15, 0.2) is 24.4 Å². The third kappa shape index (κ3) is 3.60. The minimum Gasteiger partial charge on any atom is -0.488 e. The predicted octanol–water partition coefficient (Wildman–Crippen LogP) is 2.51. The van der Waals surface area contributed by atoms with Crippen LogP contribution in [-0.2, 0) is 4.74 Å². The number of anilines is 1. The minimum absolute atomic E-state index is 0.135. The standard InChI is InChI=1S/C18H23N3O3/c22-14-4-2-13(3-5-14)20-18-19-10-12-1-6-15(9-17(12)21-18)24-16-7-8-23-11-16/h1,6,9-10,13-14,16,22H,2-5,7-8,11H2,(H,19,20,21)/t13-,14-,16?. The number of hydrogen-bond donors (Lipinski definition) is 2. The second-order valence-corrected chi connectivity index (χ2v) is 6.67. The van der Waals surface area contributed by atoms with Gasteiger partial charge in [0, 0.05) is 30.1 Å². The van der Waals surface area contributed by atoms with Gasteiger partial charge in [-0.3, -0.25) is 0 Å². The van der Waals surface area contributed by atoms with Crippen LogP contribution in [0.2, 0.25) is 0 Å². The Kier molecular flexibility index (Phi) is 4.49. The molecule has 2 N–H and O–H groups in total. The predicted molar refractivity (Wildman–Crippen MR) is 91.3 cm³/mol. The fourth-order valence-corrected chi connectivity index (χ4v) is 3.35. The lowest BCUT2D eigenvalue weighted by Crippen LogP contribution is -2.28. The maximum atomic E-state index is 9.60. The molecule has 4 rings (SSSR count). The van der Waals surface area contributed by atoms with Gasteiger partial charge in [-0.15, -0.1) is 0 Å². The van der Waals surface area contributed by atoms with Gasteiger partial charge in [0.2, 0.25) is 5.95 Å². The number of rotatable bonds is 4. The van der Waals surface area contributed by atoms with Gasteiger partial charge < -0.3 is 19.9 Å². The maximum Gasteiger partial charge on any atom is 0.223 e. The summed E-state index contributed by atoms with van der Waals surface area (Å²) in [7, 11) is 0. The molecule has 1 saturated heterocycles. The number of nitrogens with zero attached hydrogens (tertiary/aromatic N) is 2. The molecule has 0 amide bonds. The molecular weight excluding hydrogens is 306 g/mol. The van der Waals surface area contributed by atoms with Crippen LogP contribution in [0.5, 0.6) is 5.75 Å². The number of aromatic nitrogens is 2. The Bertz CT molecular complexity index is 695. The van der Waals surface area contributed by atoms with Crippen molar-refractivity contribution in [3.63, 3.8) is 0 Å². The summed E-state index contributed by atoms with van der Waals surface area (Å²) in [5.74, 6) is 1.47. The van der Waals surface area contributed by atoms with Crippen molar-refractivity contribution >= 4 is 16.9 Å². The van der Waals surface area contributed by atoms with Gasteiger partial charge in [0.05, 0.1) is 24.8 Å². The molecule has 2 heterocycles. The number of hydrogen-bond acceptors (Lipinski definition) is 6. The molecule has 1 aliphatic carbocycles. The van der Waals surface area contributed by atoms with Crippen molar-refractivity contribution in [2.75, 3.05) is 18.5 Å². The first-order valence-corrected chi connectivity index (χ1v) is 8.72. The summed E-state index contributed by atoms with van der Waals surface area (Å²) in [6.07, 6.45) is 6.34. The Morgan fingerprint density at radius 3 is 2.83 bits per heavy atom. The van der Waals surface area contributed by atoms with Crippen molar-refractivity contribution in [3.8, 4) is 5.75 Å². The van der Waals surface area contributed by atoms with Crippen molar-refractivity contribution in [1.82, 2.24) is 9.97 Å². The normalized spacial score (nSPS) is 27.3. The van der Waals surface area contributed by atoms with Crippen LogP contribution in [0.25, 0.3) is 10.9 Å². The molecule has 0 bridgehead atoms. The Labute approximate surface area is 141 Å². The lowest BCUT2D eigenvalue weighted by molar-refractivity contribution is 0.126. The molecular formula is C18H23N3O3. The van der Waals surface area contributed by atoms with Crippen molar-refractivity contribution in [2.45, 2.75) is 50.4 Å². The van der Waals surface area contributed by atoms with Crippen molar-refractivity contribution < 1.29 is 14.6 Å². The highest BCUT2D eigenvalue weighted by Crippen LogP contribution is 2.24. The average molecular weight is 329 g/mol. The number of nitrogens with one attached hydrogen (secondary N) is 1. The minimum atomic E-state index is -0.153. The molecule has 0 spiro atoms. The third-order valence-corrected chi connectivity index (χ3v) is 4.77. The van der Waals surface area contributed by atoms with Crippen molar-refractivity contribution in [3.05, 3.63) is 24.4 Å². The van der Waals surface area contributed by atoms with E-state index in [1.807, 2.05) is 24.4 Å². The van der Waals surface area contributed by atoms with E-state index in [2.05, 4.69) is 15.3 Å². The molecule has 1 saturated carbocycles. The van der Waals surface area contributed by atoms with Crippen LogP contribution < -0.4 is 10.1 Å². The molecule has 6 nitrogen and oxygen atoms in total. The lowest BCUT2D eigenvalue weighted by atomic mass is 9.93. The van der Waals surface area contributed by atoms with E-state index in [-0.39, 0.29) is 12.2 Å². The summed E-state index contributed by atoms with van der Waals surface area (Å²) in [4.78, 5) is 9.04. The van der Waals surface area contributed by atoms with Crippen LogP contribution in [0.4, 0.5) is 5.95 Å². The summed E-state index contributed by atoms with van der Waals surface area (Å²) in [5, 5.41) is 14.0. The van der Waals surface area contributed by atoms with Gasteiger partial charge in [-0.05, 0) is 37.8 Å². The molecule has 1 unspecified atom stereocenters. The highest BCUT2D eigenvalue weighted by molar-refractivity contribution is 5.80. The zero-order chi connectivity index (χ0) is 16.4. The first-order valence-electron chi connectivity index (χ1n) is 8.72. The molecule has 2 fully saturated rings. The molecule has 1 aromatic heterocycles. The Morgan fingerprint density at radius 2 is 2.04 bits per heavy atom. The van der Waals surface area contributed by atoms with Crippen LogP contribution in [0.3, 0.4) is 0 Å². The van der Waals surface area contributed by atoms with Crippen molar-refractivity contribution in [1.29, 1.82) is 0 Å². The van der Waals surface area contributed by atoms with E-state index in [0.29, 0.717) is 18.6 Å². The fourth-order valence-electron chi connectivity index (χ4n) is 3.35. The van der Waals surface area contributed by atoms with E-state index >= 15 is 0 Å². The van der Waals surface area contributed by atoms with E-state index in [4.69, 9.17) is 9.47 Å². The van der Waals surface area contributed by atoms with Gasteiger partial charge in [-0.1, -0.05) is 0 Å². The quantitative estimate of drug-likeness (QED) is 0.897. The summed E-state index contributed by atoms with van der Waals surface area (Å²) in [6.45, 7) is 1.42.